The number of aliphatic hydroxyl groups is 1. The van der Waals surface area contributed by atoms with Crippen LogP contribution >= 0.6 is 11.6 Å². The molecule has 0 aromatic carbocycles. The molecular formula is C7H7ClO3. The lowest BCUT2D eigenvalue weighted by Gasteiger charge is -2.28. The van der Waals surface area contributed by atoms with E-state index in [4.69, 9.17) is 16.3 Å². The first kappa shape index (κ1) is 7.28. The number of halogens is 1. The van der Waals surface area contributed by atoms with E-state index in [1.165, 1.54) is 0 Å². The van der Waals surface area contributed by atoms with Gasteiger partial charge in [-0.25, -0.2) is 0 Å². The van der Waals surface area contributed by atoms with Crippen molar-refractivity contribution in [2.24, 2.45) is 0 Å². The predicted molar refractivity (Wildman–Crippen MR) is 38.5 cm³/mol. The minimum absolute atomic E-state index is 0.246. The highest BCUT2D eigenvalue weighted by Crippen LogP contribution is 2.27. The Balaban J connectivity index is 2.29. The SMILES string of the molecule is O=C1C2C=CC(O2)C(O)C1Cl. The maximum absolute atomic E-state index is 11.1. The van der Waals surface area contributed by atoms with Gasteiger partial charge in [0.2, 0.25) is 0 Å². The van der Waals surface area contributed by atoms with Gasteiger partial charge in [-0.1, -0.05) is 6.08 Å². The molecule has 0 saturated carbocycles. The maximum atomic E-state index is 11.1. The average molecular weight is 175 g/mol. The molecule has 0 radical (unpaired) electrons. The third-order valence-electron chi connectivity index (χ3n) is 1.97. The smallest absolute Gasteiger partial charge is 0.186 e. The summed E-state index contributed by atoms with van der Waals surface area (Å²) in [5, 5.41) is 8.49. The molecular weight excluding hydrogens is 168 g/mol. The van der Waals surface area contributed by atoms with Crippen molar-refractivity contribution in [1.82, 2.24) is 0 Å². The molecule has 2 bridgehead atoms. The van der Waals surface area contributed by atoms with Gasteiger partial charge >= 0.3 is 0 Å². The molecule has 4 unspecified atom stereocenters. The summed E-state index contributed by atoms with van der Waals surface area (Å²) in [4.78, 5) is 11.1. The summed E-state index contributed by atoms with van der Waals surface area (Å²) in [5.41, 5.74) is 0. The van der Waals surface area contributed by atoms with E-state index in [0.717, 1.165) is 0 Å². The van der Waals surface area contributed by atoms with Crippen LogP contribution in [-0.2, 0) is 9.53 Å². The summed E-state index contributed by atoms with van der Waals surface area (Å²) in [6, 6.07) is 0. The van der Waals surface area contributed by atoms with Gasteiger partial charge in [-0.15, -0.1) is 11.6 Å². The van der Waals surface area contributed by atoms with Gasteiger partial charge in [-0.05, 0) is 6.08 Å². The van der Waals surface area contributed by atoms with Crippen LogP contribution in [0.4, 0.5) is 0 Å². The lowest BCUT2D eigenvalue weighted by Crippen LogP contribution is -2.48. The molecule has 4 heteroatoms. The maximum Gasteiger partial charge on any atom is 0.186 e. The van der Waals surface area contributed by atoms with E-state index < -0.39 is 17.6 Å². The fourth-order valence-corrected chi connectivity index (χ4v) is 1.59. The number of hydrogen-bond donors (Lipinski definition) is 1. The highest BCUT2D eigenvalue weighted by atomic mass is 35.5. The standard InChI is InChI=1S/C7H7ClO3/c8-5-6(9)3-1-2-4(11-3)7(5)10/h1-6,9H. The Morgan fingerprint density at radius 3 is 3.00 bits per heavy atom. The van der Waals surface area contributed by atoms with Crippen molar-refractivity contribution in [3.63, 3.8) is 0 Å². The van der Waals surface area contributed by atoms with Gasteiger partial charge in [0.15, 0.2) is 5.78 Å². The second-order valence-electron chi connectivity index (χ2n) is 2.70. The van der Waals surface area contributed by atoms with Crippen molar-refractivity contribution in [1.29, 1.82) is 0 Å². The average Bonchev–Trinajstić information content (AvgIpc) is 2.44. The van der Waals surface area contributed by atoms with Crippen LogP contribution in [0.5, 0.6) is 0 Å². The van der Waals surface area contributed by atoms with E-state index in [1.807, 2.05) is 0 Å². The van der Waals surface area contributed by atoms with E-state index in [0.29, 0.717) is 0 Å². The number of carbonyl (C=O) groups is 1. The van der Waals surface area contributed by atoms with Gasteiger partial charge in [0.05, 0.1) is 0 Å². The second-order valence-corrected chi connectivity index (χ2v) is 3.17. The van der Waals surface area contributed by atoms with Crippen LogP contribution < -0.4 is 0 Å². The van der Waals surface area contributed by atoms with Crippen molar-refractivity contribution in [2.75, 3.05) is 0 Å². The van der Waals surface area contributed by atoms with E-state index in [1.54, 1.807) is 12.2 Å². The van der Waals surface area contributed by atoms with Gasteiger partial charge in [-0.2, -0.15) is 0 Å². The topological polar surface area (TPSA) is 46.5 Å². The van der Waals surface area contributed by atoms with Gasteiger partial charge < -0.3 is 9.84 Å². The largest absolute Gasteiger partial charge is 0.388 e. The molecule has 0 amide bonds. The number of fused-ring (bicyclic) bond motifs is 2. The van der Waals surface area contributed by atoms with Crippen molar-refractivity contribution < 1.29 is 14.6 Å². The van der Waals surface area contributed by atoms with Crippen LogP contribution in [0.15, 0.2) is 12.2 Å². The minimum atomic E-state index is -0.890. The van der Waals surface area contributed by atoms with E-state index in [9.17, 15) is 9.90 Å². The molecule has 11 heavy (non-hydrogen) atoms. The quantitative estimate of drug-likeness (QED) is 0.411. The molecule has 0 aromatic heterocycles. The first-order valence-corrected chi connectivity index (χ1v) is 3.83. The fourth-order valence-electron chi connectivity index (χ4n) is 1.32. The van der Waals surface area contributed by atoms with Gasteiger partial charge in [-0.3, -0.25) is 4.79 Å². The van der Waals surface area contributed by atoms with Crippen LogP contribution in [0.2, 0.25) is 0 Å². The fraction of sp³-hybridized carbons (Fsp3) is 0.571. The van der Waals surface area contributed by atoms with Gasteiger partial charge in [0.25, 0.3) is 0 Å². The van der Waals surface area contributed by atoms with Crippen molar-refractivity contribution in [3.8, 4) is 0 Å². The Bertz CT molecular complexity index is 226. The number of alkyl halides is 1. The number of aliphatic hydroxyl groups excluding tert-OH is 1. The summed E-state index contributed by atoms with van der Waals surface area (Å²) in [5.74, 6) is -0.246. The molecule has 1 fully saturated rings. The molecule has 3 nitrogen and oxygen atoms in total. The molecule has 4 atom stereocenters. The zero-order chi connectivity index (χ0) is 8.01. The summed E-state index contributed by atoms with van der Waals surface area (Å²) in [6.07, 6.45) is 1.51. The number of carbonyl (C=O) groups excluding carboxylic acids is 1. The number of ketones is 1. The van der Waals surface area contributed by atoms with Crippen molar-refractivity contribution in [3.05, 3.63) is 12.2 Å². The lowest BCUT2D eigenvalue weighted by atomic mass is 10.0. The van der Waals surface area contributed by atoms with Crippen LogP contribution in [0.25, 0.3) is 0 Å². The first-order valence-electron chi connectivity index (χ1n) is 3.40. The highest BCUT2D eigenvalue weighted by Gasteiger charge is 2.44. The molecule has 2 rings (SSSR count). The van der Waals surface area contributed by atoms with Crippen LogP contribution in [0.1, 0.15) is 0 Å². The third-order valence-corrected chi connectivity index (χ3v) is 2.44. The number of hydrogen-bond acceptors (Lipinski definition) is 3. The molecule has 60 valence electrons. The van der Waals surface area contributed by atoms with Crippen LogP contribution in [-0.4, -0.2) is 34.6 Å². The summed E-state index contributed by atoms with van der Waals surface area (Å²) < 4.78 is 5.10. The molecule has 0 aliphatic carbocycles. The zero-order valence-electron chi connectivity index (χ0n) is 5.61. The monoisotopic (exact) mass is 174 g/mol. The van der Waals surface area contributed by atoms with Gasteiger partial charge in [0.1, 0.15) is 23.7 Å². The highest BCUT2D eigenvalue weighted by molar-refractivity contribution is 6.32. The third kappa shape index (κ3) is 0.922. The lowest BCUT2D eigenvalue weighted by molar-refractivity contribution is -0.142. The van der Waals surface area contributed by atoms with Gasteiger partial charge in [0, 0.05) is 0 Å². The Kier molecular flexibility index (Phi) is 1.52. The molecule has 2 heterocycles. The second kappa shape index (κ2) is 2.30. The summed E-state index contributed by atoms with van der Waals surface area (Å²) >= 11 is 5.63. The Morgan fingerprint density at radius 1 is 1.55 bits per heavy atom. The van der Waals surface area contributed by atoms with Crippen molar-refractivity contribution >= 4 is 17.4 Å². The molecule has 0 aromatic rings. The molecule has 2 aliphatic heterocycles. The Labute approximate surface area is 68.6 Å². The number of Topliss-reactive ketones (excluding diaryl/α,β-unsaturated/α-hetero) is 1. The summed E-state index contributed by atoms with van der Waals surface area (Å²) in [7, 11) is 0. The molecule has 1 N–H and O–H groups in total. The predicted octanol–water partition coefficient (Wildman–Crippen LogP) is -0.139. The van der Waals surface area contributed by atoms with Crippen LogP contribution in [0, 0.1) is 0 Å². The normalized spacial score (nSPS) is 48.4. The molecule has 2 aliphatic rings. The Morgan fingerprint density at radius 2 is 2.27 bits per heavy atom. The molecule has 1 saturated heterocycles. The van der Waals surface area contributed by atoms with Crippen LogP contribution in [0.3, 0.4) is 0 Å². The Hall–Kier alpha value is -0.380. The molecule has 0 spiro atoms. The first-order chi connectivity index (χ1) is 5.20. The van der Waals surface area contributed by atoms with E-state index in [2.05, 4.69) is 0 Å². The van der Waals surface area contributed by atoms with E-state index >= 15 is 0 Å². The zero-order valence-corrected chi connectivity index (χ0v) is 6.36. The number of rotatable bonds is 0. The van der Waals surface area contributed by atoms with E-state index in [-0.39, 0.29) is 11.9 Å². The van der Waals surface area contributed by atoms with Crippen molar-refractivity contribution in [2.45, 2.75) is 23.7 Å². The number of ether oxygens (including phenoxy) is 1. The summed E-state index contributed by atoms with van der Waals surface area (Å²) in [6.45, 7) is 0. The minimum Gasteiger partial charge on any atom is -0.388 e.